The molecule has 3 fully saturated rings. The molecule has 4 N–H and O–H groups in total. The summed E-state index contributed by atoms with van der Waals surface area (Å²) in [5.41, 5.74) is 9.16. The van der Waals surface area contributed by atoms with Gasteiger partial charge in [-0.1, -0.05) is 47.5 Å². The van der Waals surface area contributed by atoms with Gasteiger partial charge in [0.1, 0.15) is 11.9 Å². The zero-order chi connectivity index (χ0) is 35.4. The number of likely N-dealkylation sites (N-methyl/N-ethyl adjacent to an activating group) is 1. The molecule has 0 radical (unpaired) electrons. The summed E-state index contributed by atoms with van der Waals surface area (Å²) in [5.74, 6) is 0.493. The van der Waals surface area contributed by atoms with E-state index in [0.29, 0.717) is 70.2 Å². The van der Waals surface area contributed by atoms with Crippen LogP contribution in [0.15, 0.2) is 54.9 Å². The SMILES string of the molecule is COc1nc(-c2cccc(-c3ccnc(-c4cc5n(c4)NC(CN4CC6(CC(O)C6)C4)N(C)C5=O)c3Cl)c2Cl)ccc1CNC[C@@H]1CCC(=O)N1. The van der Waals surface area contributed by atoms with Gasteiger partial charge in [-0.3, -0.25) is 24.1 Å². The fourth-order valence-corrected chi connectivity index (χ4v) is 8.65. The summed E-state index contributed by atoms with van der Waals surface area (Å²) >= 11 is 14.2. The summed E-state index contributed by atoms with van der Waals surface area (Å²) in [4.78, 5) is 38.5. The lowest BCUT2D eigenvalue weighted by Gasteiger charge is -2.58. The largest absolute Gasteiger partial charge is 0.481 e. The van der Waals surface area contributed by atoms with Crippen LogP contribution in [0.5, 0.6) is 5.88 Å². The number of ether oxygens (including phenoxy) is 1. The average molecular weight is 732 g/mol. The van der Waals surface area contributed by atoms with Gasteiger partial charge in [0, 0.05) is 97.9 Å². The molecule has 14 heteroatoms. The second kappa shape index (κ2) is 13.4. The molecule has 6 heterocycles. The van der Waals surface area contributed by atoms with Crippen molar-refractivity contribution in [2.45, 2.75) is 50.5 Å². The molecule has 3 aromatic heterocycles. The van der Waals surface area contributed by atoms with Gasteiger partial charge in [0.25, 0.3) is 5.91 Å². The first-order chi connectivity index (χ1) is 24.6. The van der Waals surface area contributed by atoms with Gasteiger partial charge < -0.3 is 30.8 Å². The topological polar surface area (TPSA) is 137 Å². The highest BCUT2D eigenvalue weighted by molar-refractivity contribution is 6.39. The number of halogens is 2. The minimum Gasteiger partial charge on any atom is -0.481 e. The second-order valence-corrected chi connectivity index (χ2v) is 15.0. The summed E-state index contributed by atoms with van der Waals surface area (Å²) in [6.45, 7) is 3.79. The molecule has 266 valence electrons. The van der Waals surface area contributed by atoms with Crippen molar-refractivity contribution in [3.63, 3.8) is 0 Å². The Kier molecular flexibility index (Phi) is 8.92. The smallest absolute Gasteiger partial charge is 0.273 e. The molecule has 2 saturated heterocycles. The maximum atomic E-state index is 13.5. The summed E-state index contributed by atoms with van der Waals surface area (Å²) < 4.78 is 7.42. The van der Waals surface area contributed by atoms with Crippen molar-refractivity contribution < 1.29 is 19.4 Å². The minimum atomic E-state index is -0.206. The van der Waals surface area contributed by atoms with E-state index in [9.17, 15) is 14.7 Å². The number of nitrogens with one attached hydrogen (secondary N) is 3. The number of hydrogen-bond acceptors (Lipinski definition) is 9. The zero-order valence-corrected chi connectivity index (χ0v) is 30.0. The molecule has 2 atom stereocenters. The quantitative estimate of drug-likeness (QED) is 0.188. The van der Waals surface area contributed by atoms with E-state index in [1.165, 1.54) is 0 Å². The summed E-state index contributed by atoms with van der Waals surface area (Å²) in [6, 6.07) is 13.4. The normalized spacial score (nSPS) is 21.2. The Morgan fingerprint density at radius 2 is 1.86 bits per heavy atom. The van der Waals surface area contributed by atoms with Crippen LogP contribution >= 0.6 is 23.2 Å². The fraction of sp³-hybridized carbons (Fsp3) is 0.405. The summed E-state index contributed by atoms with van der Waals surface area (Å²) in [5, 5.41) is 17.0. The van der Waals surface area contributed by atoms with Crippen LogP contribution in [0.1, 0.15) is 41.7 Å². The standard InChI is InChI=1S/C37H40Cl2N8O4/c1-45-30(18-46-19-37(20-46)13-24(48)14-37)44-47-17-22(12-29(47)36(45)50)34-33(39)26(10-11-41-34)25-4-3-5-27(32(25)38)28-8-6-21(35(43-28)51-2)15-40-16-23-7-9-31(49)42-23/h3-6,8,10-12,17,23-24,30,40,44,48H,7,9,13-16,18-20H2,1-2H3,(H,42,49)/t23-,30?/m0/s1. The van der Waals surface area contributed by atoms with E-state index in [1.807, 2.05) is 55.7 Å². The van der Waals surface area contributed by atoms with Gasteiger partial charge >= 0.3 is 0 Å². The summed E-state index contributed by atoms with van der Waals surface area (Å²) in [7, 11) is 3.40. The Balaban J connectivity index is 1.01. The molecule has 1 unspecified atom stereocenters. The number of aliphatic hydroxyl groups is 1. The number of fused-ring (bicyclic) bond motifs is 1. The second-order valence-electron chi connectivity index (χ2n) is 14.3. The van der Waals surface area contributed by atoms with Crippen LogP contribution in [0.4, 0.5) is 0 Å². The molecule has 4 aliphatic rings. The molecule has 1 aromatic carbocycles. The molecule has 1 spiro atoms. The van der Waals surface area contributed by atoms with Crippen molar-refractivity contribution in [2.24, 2.45) is 5.41 Å². The molecule has 51 heavy (non-hydrogen) atoms. The molecular formula is C37H40Cl2N8O4. The predicted octanol–water partition coefficient (Wildman–Crippen LogP) is 4.37. The highest BCUT2D eigenvalue weighted by atomic mass is 35.5. The number of aliphatic hydroxyl groups excluding tert-OH is 1. The number of nitrogens with zero attached hydrogens (tertiary/aromatic N) is 5. The Labute approximate surface area is 306 Å². The highest BCUT2D eigenvalue weighted by Crippen LogP contribution is 2.48. The van der Waals surface area contributed by atoms with Crippen LogP contribution in [0.2, 0.25) is 10.0 Å². The maximum absolute atomic E-state index is 13.5. The Bertz CT molecular complexity index is 2010. The van der Waals surface area contributed by atoms with Crippen LogP contribution in [-0.2, 0) is 11.3 Å². The Morgan fingerprint density at radius 1 is 1.08 bits per heavy atom. The molecule has 12 nitrogen and oxygen atoms in total. The number of amides is 2. The number of pyridine rings is 2. The van der Waals surface area contributed by atoms with Crippen LogP contribution in [0, 0.1) is 5.41 Å². The lowest BCUT2D eigenvalue weighted by Crippen LogP contribution is -2.67. The Hall–Kier alpha value is -4.20. The first kappa shape index (κ1) is 33.9. The van der Waals surface area contributed by atoms with Gasteiger partial charge in [-0.2, -0.15) is 0 Å². The number of methoxy groups -OCH3 is 1. The van der Waals surface area contributed by atoms with Crippen molar-refractivity contribution in [1.29, 1.82) is 0 Å². The molecule has 3 aliphatic heterocycles. The molecule has 0 bridgehead atoms. The van der Waals surface area contributed by atoms with Gasteiger partial charge in [-0.25, -0.2) is 4.98 Å². The third kappa shape index (κ3) is 6.33. The zero-order valence-electron chi connectivity index (χ0n) is 28.5. The van der Waals surface area contributed by atoms with Gasteiger partial charge in [-0.05, 0) is 37.5 Å². The molecular weight excluding hydrogens is 691 g/mol. The number of likely N-dealkylation sites (tertiary alicyclic amines) is 1. The third-order valence-corrected chi connectivity index (χ3v) is 11.4. The first-order valence-electron chi connectivity index (χ1n) is 17.3. The van der Waals surface area contributed by atoms with Crippen molar-refractivity contribution in [3.05, 3.63) is 76.2 Å². The third-order valence-electron chi connectivity index (χ3n) is 10.7. The van der Waals surface area contributed by atoms with Crippen molar-refractivity contribution in [1.82, 2.24) is 35.1 Å². The lowest BCUT2D eigenvalue weighted by atomic mass is 9.62. The predicted molar refractivity (Wildman–Crippen MR) is 195 cm³/mol. The maximum Gasteiger partial charge on any atom is 0.273 e. The lowest BCUT2D eigenvalue weighted by molar-refractivity contribution is -0.131. The van der Waals surface area contributed by atoms with Gasteiger partial charge in [-0.15, -0.1) is 0 Å². The monoisotopic (exact) mass is 730 g/mol. The van der Waals surface area contributed by atoms with E-state index < -0.39 is 0 Å². The fourth-order valence-electron chi connectivity index (χ4n) is 8.00. The van der Waals surface area contributed by atoms with Crippen LogP contribution in [-0.4, -0.2) is 100 Å². The van der Waals surface area contributed by atoms with Crippen LogP contribution in [0.3, 0.4) is 0 Å². The first-order valence-corrected chi connectivity index (χ1v) is 18.0. The van der Waals surface area contributed by atoms with E-state index in [1.54, 1.807) is 22.9 Å². The van der Waals surface area contributed by atoms with Crippen LogP contribution < -0.4 is 20.8 Å². The number of aromatic nitrogens is 3. The van der Waals surface area contributed by atoms with Crippen LogP contribution in [0.25, 0.3) is 33.6 Å². The minimum absolute atomic E-state index is 0.0886. The van der Waals surface area contributed by atoms with E-state index in [-0.39, 0.29) is 35.5 Å². The van der Waals surface area contributed by atoms with E-state index in [2.05, 4.69) is 25.9 Å². The van der Waals surface area contributed by atoms with Crippen molar-refractivity contribution in [3.8, 4) is 39.5 Å². The van der Waals surface area contributed by atoms with Gasteiger partial charge in [0.15, 0.2) is 0 Å². The van der Waals surface area contributed by atoms with Gasteiger partial charge in [0.2, 0.25) is 11.8 Å². The molecule has 8 rings (SSSR count). The number of rotatable bonds is 10. The molecule has 1 aliphatic carbocycles. The highest BCUT2D eigenvalue weighted by Gasteiger charge is 2.52. The average Bonchev–Trinajstić information content (AvgIpc) is 3.71. The van der Waals surface area contributed by atoms with E-state index in [4.69, 9.17) is 32.9 Å². The van der Waals surface area contributed by atoms with E-state index >= 15 is 0 Å². The number of hydrogen-bond donors (Lipinski definition) is 4. The Morgan fingerprint density at radius 3 is 2.61 bits per heavy atom. The molecule has 4 aromatic rings. The number of carbonyl (C=O) groups is 2. The molecule has 2 amide bonds. The summed E-state index contributed by atoms with van der Waals surface area (Å²) in [6.07, 6.45) is 6.30. The van der Waals surface area contributed by atoms with Gasteiger partial charge in [0.05, 0.1) is 34.6 Å². The molecule has 1 saturated carbocycles. The van der Waals surface area contributed by atoms with E-state index in [0.717, 1.165) is 49.0 Å². The number of benzene rings is 1. The van der Waals surface area contributed by atoms with Crippen molar-refractivity contribution >= 4 is 35.0 Å². The number of carbonyl (C=O) groups excluding carboxylic acids is 2. The van der Waals surface area contributed by atoms with Crippen molar-refractivity contribution in [2.75, 3.05) is 45.8 Å².